The molecular weight excluding hydrogens is 196 g/mol. The summed E-state index contributed by atoms with van der Waals surface area (Å²) in [4.78, 5) is 0. The summed E-state index contributed by atoms with van der Waals surface area (Å²) in [6.45, 7) is 2.75. The standard InChI is InChI=1S/C10H23O3Si/c1-4-5-6-7-8-14-13-10(12-3)9-11-2/h10,14H,4-9H2,1-3H3. The van der Waals surface area contributed by atoms with Crippen LogP contribution in [-0.2, 0) is 13.9 Å². The van der Waals surface area contributed by atoms with Gasteiger partial charge in [-0.1, -0.05) is 32.6 Å². The lowest BCUT2D eigenvalue weighted by atomic mass is 10.2. The first-order chi connectivity index (χ1) is 6.85. The maximum atomic E-state index is 5.55. The molecule has 1 radical (unpaired) electrons. The molecule has 4 heteroatoms. The van der Waals surface area contributed by atoms with Crippen LogP contribution in [0, 0.1) is 0 Å². The second-order valence-electron chi connectivity index (χ2n) is 3.27. The Bertz CT molecular complexity index is 112. The SMILES string of the molecule is CCCCCC[SiH]OC(COC)OC. The van der Waals surface area contributed by atoms with Crippen molar-refractivity contribution in [2.45, 2.75) is 44.9 Å². The monoisotopic (exact) mass is 219 g/mol. The average Bonchev–Trinajstić information content (AvgIpc) is 2.21. The molecule has 1 unspecified atom stereocenters. The third kappa shape index (κ3) is 8.68. The normalized spacial score (nSPS) is 13.1. The Balaban J connectivity index is 3.15. The van der Waals surface area contributed by atoms with Crippen LogP contribution in [0.1, 0.15) is 32.6 Å². The average molecular weight is 219 g/mol. The molecule has 0 saturated carbocycles. The number of ether oxygens (including phenoxy) is 2. The fraction of sp³-hybridized carbons (Fsp3) is 1.00. The number of methoxy groups -OCH3 is 2. The summed E-state index contributed by atoms with van der Waals surface area (Å²) in [5.74, 6) is 0. The summed E-state index contributed by atoms with van der Waals surface area (Å²) in [6.07, 6.45) is 5.08. The zero-order valence-electron chi connectivity index (χ0n) is 9.62. The van der Waals surface area contributed by atoms with Gasteiger partial charge in [-0.2, -0.15) is 0 Å². The minimum atomic E-state index is -0.166. The van der Waals surface area contributed by atoms with Crippen molar-refractivity contribution in [3.05, 3.63) is 0 Å². The van der Waals surface area contributed by atoms with E-state index >= 15 is 0 Å². The second kappa shape index (κ2) is 11.2. The van der Waals surface area contributed by atoms with Crippen LogP contribution in [-0.4, -0.2) is 36.9 Å². The van der Waals surface area contributed by atoms with Crippen molar-refractivity contribution in [1.82, 2.24) is 0 Å². The molecule has 0 aliphatic heterocycles. The Morgan fingerprint density at radius 3 is 2.50 bits per heavy atom. The Labute approximate surface area is 90.1 Å². The molecule has 0 aromatic heterocycles. The lowest BCUT2D eigenvalue weighted by Gasteiger charge is -2.14. The first-order valence-corrected chi connectivity index (χ1v) is 6.62. The van der Waals surface area contributed by atoms with E-state index in [0.29, 0.717) is 6.61 Å². The van der Waals surface area contributed by atoms with E-state index in [0.717, 1.165) is 0 Å². The highest BCUT2D eigenvalue weighted by atomic mass is 28.2. The topological polar surface area (TPSA) is 27.7 Å². The van der Waals surface area contributed by atoms with Crippen molar-refractivity contribution in [2.75, 3.05) is 20.8 Å². The van der Waals surface area contributed by atoms with E-state index in [1.807, 2.05) is 0 Å². The highest BCUT2D eigenvalue weighted by Gasteiger charge is 2.05. The Morgan fingerprint density at radius 2 is 1.93 bits per heavy atom. The first kappa shape index (κ1) is 14.1. The first-order valence-electron chi connectivity index (χ1n) is 5.34. The lowest BCUT2D eigenvalue weighted by molar-refractivity contribution is -0.0928. The Kier molecular flexibility index (Phi) is 11.3. The molecule has 0 saturated heterocycles. The van der Waals surface area contributed by atoms with E-state index < -0.39 is 0 Å². The van der Waals surface area contributed by atoms with Gasteiger partial charge in [0.2, 0.25) is 0 Å². The third-order valence-corrected chi connectivity index (χ3v) is 3.13. The van der Waals surface area contributed by atoms with Crippen molar-refractivity contribution in [3.8, 4) is 0 Å². The van der Waals surface area contributed by atoms with E-state index in [1.165, 1.54) is 31.7 Å². The summed E-state index contributed by atoms with van der Waals surface area (Å²) in [5.41, 5.74) is 0. The van der Waals surface area contributed by atoms with E-state index in [2.05, 4.69) is 6.92 Å². The van der Waals surface area contributed by atoms with Crippen molar-refractivity contribution in [3.63, 3.8) is 0 Å². The molecule has 0 aromatic rings. The van der Waals surface area contributed by atoms with Crippen molar-refractivity contribution in [1.29, 1.82) is 0 Å². The molecule has 0 amide bonds. The van der Waals surface area contributed by atoms with Gasteiger partial charge in [-0.25, -0.2) is 0 Å². The predicted molar refractivity (Wildman–Crippen MR) is 59.9 cm³/mol. The molecule has 0 heterocycles. The van der Waals surface area contributed by atoms with Crippen LogP contribution in [0.4, 0.5) is 0 Å². The summed E-state index contributed by atoms with van der Waals surface area (Å²) in [5, 5.41) is 0. The Morgan fingerprint density at radius 1 is 1.14 bits per heavy atom. The van der Waals surface area contributed by atoms with Gasteiger partial charge in [-0.3, -0.25) is 0 Å². The van der Waals surface area contributed by atoms with E-state index in [4.69, 9.17) is 13.9 Å². The van der Waals surface area contributed by atoms with Crippen LogP contribution in [0.3, 0.4) is 0 Å². The van der Waals surface area contributed by atoms with Crippen LogP contribution < -0.4 is 0 Å². The maximum Gasteiger partial charge on any atom is 0.196 e. The fourth-order valence-electron chi connectivity index (χ4n) is 1.13. The zero-order chi connectivity index (χ0) is 10.6. The number of rotatable bonds is 10. The van der Waals surface area contributed by atoms with Crippen LogP contribution in [0.25, 0.3) is 0 Å². The van der Waals surface area contributed by atoms with Crippen molar-refractivity contribution >= 4 is 9.76 Å². The second-order valence-corrected chi connectivity index (χ2v) is 4.46. The highest BCUT2D eigenvalue weighted by Crippen LogP contribution is 2.03. The molecular formula is C10H23O3Si. The smallest absolute Gasteiger partial charge is 0.196 e. The van der Waals surface area contributed by atoms with E-state index in [-0.39, 0.29) is 16.1 Å². The summed E-state index contributed by atoms with van der Waals surface area (Å²) < 4.78 is 15.6. The molecule has 0 rings (SSSR count). The maximum absolute atomic E-state index is 5.55. The summed E-state index contributed by atoms with van der Waals surface area (Å²) >= 11 is 0. The number of hydrogen-bond acceptors (Lipinski definition) is 3. The van der Waals surface area contributed by atoms with Crippen LogP contribution in [0.2, 0.25) is 6.04 Å². The minimum absolute atomic E-state index is 0.0675. The number of hydrogen-bond donors (Lipinski definition) is 0. The highest BCUT2D eigenvalue weighted by molar-refractivity contribution is 6.27. The van der Waals surface area contributed by atoms with Gasteiger partial charge >= 0.3 is 0 Å². The van der Waals surface area contributed by atoms with Crippen LogP contribution in [0.15, 0.2) is 0 Å². The van der Waals surface area contributed by atoms with Gasteiger partial charge < -0.3 is 13.9 Å². The van der Waals surface area contributed by atoms with E-state index in [9.17, 15) is 0 Å². The quantitative estimate of drug-likeness (QED) is 0.319. The molecule has 0 spiro atoms. The molecule has 0 aliphatic rings. The lowest BCUT2D eigenvalue weighted by Crippen LogP contribution is -2.22. The summed E-state index contributed by atoms with van der Waals surface area (Å²) in [6, 6.07) is 1.20. The minimum Gasteiger partial charge on any atom is -0.395 e. The zero-order valence-corrected chi connectivity index (χ0v) is 10.8. The van der Waals surface area contributed by atoms with Gasteiger partial charge in [-0.05, 0) is 6.04 Å². The third-order valence-electron chi connectivity index (χ3n) is 1.99. The molecule has 3 nitrogen and oxygen atoms in total. The van der Waals surface area contributed by atoms with Gasteiger partial charge in [-0.15, -0.1) is 0 Å². The van der Waals surface area contributed by atoms with Crippen LogP contribution in [0.5, 0.6) is 0 Å². The number of unbranched alkanes of at least 4 members (excludes halogenated alkanes) is 3. The molecule has 0 N–H and O–H groups in total. The van der Waals surface area contributed by atoms with Gasteiger partial charge in [0.15, 0.2) is 16.1 Å². The molecule has 0 aromatic carbocycles. The fourth-order valence-corrected chi connectivity index (χ4v) is 2.12. The molecule has 1 atom stereocenters. The molecule has 0 bridgehead atoms. The Hall–Kier alpha value is 0.0969. The molecule has 0 aliphatic carbocycles. The largest absolute Gasteiger partial charge is 0.395 e. The molecule has 14 heavy (non-hydrogen) atoms. The predicted octanol–water partition coefficient (Wildman–Crippen LogP) is 1.97. The van der Waals surface area contributed by atoms with Crippen LogP contribution >= 0.6 is 0 Å². The van der Waals surface area contributed by atoms with Crippen molar-refractivity contribution < 1.29 is 13.9 Å². The molecule has 85 valence electrons. The molecule has 0 fully saturated rings. The van der Waals surface area contributed by atoms with Gasteiger partial charge in [0.05, 0.1) is 6.61 Å². The summed E-state index contributed by atoms with van der Waals surface area (Å²) in [7, 11) is 3.38. The van der Waals surface area contributed by atoms with Gasteiger partial charge in [0, 0.05) is 14.2 Å². The van der Waals surface area contributed by atoms with Gasteiger partial charge in [0.1, 0.15) is 0 Å². The van der Waals surface area contributed by atoms with Crippen molar-refractivity contribution in [2.24, 2.45) is 0 Å². The van der Waals surface area contributed by atoms with E-state index in [1.54, 1.807) is 14.2 Å². The van der Waals surface area contributed by atoms with Gasteiger partial charge in [0.25, 0.3) is 0 Å².